The first kappa shape index (κ1) is 12.0. The SMILES string of the molecule is C[C@@H](NC(=O)c1ccc(I)cc1)C(=O)O. The fourth-order valence-corrected chi connectivity index (χ4v) is 1.30. The highest BCUT2D eigenvalue weighted by molar-refractivity contribution is 14.1. The molecule has 0 unspecified atom stereocenters. The number of benzene rings is 1. The summed E-state index contributed by atoms with van der Waals surface area (Å²) in [7, 11) is 0. The summed E-state index contributed by atoms with van der Waals surface area (Å²) in [6, 6.07) is 6.02. The van der Waals surface area contributed by atoms with Gasteiger partial charge in [0.05, 0.1) is 0 Å². The van der Waals surface area contributed by atoms with E-state index in [0.29, 0.717) is 5.56 Å². The zero-order valence-corrected chi connectivity index (χ0v) is 10.2. The zero-order valence-electron chi connectivity index (χ0n) is 8.03. The number of halogens is 1. The first-order valence-corrected chi connectivity index (χ1v) is 5.38. The number of carboxylic acids is 1. The van der Waals surface area contributed by atoms with Gasteiger partial charge in [0.2, 0.25) is 0 Å². The minimum atomic E-state index is -1.05. The molecule has 0 fully saturated rings. The summed E-state index contributed by atoms with van der Waals surface area (Å²) in [6.45, 7) is 1.42. The van der Waals surface area contributed by atoms with Gasteiger partial charge in [0, 0.05) is 9.13 Å². The van der Waals surface area contributed by atoms with Crippen LogP contribution in [0.4, 0.5) is 0 Å². The summed E-state index contributed by atoms with van der Waals surface area (Å²) in [6.07, 6.45) is 0. The van der Waals surface area contributed by atoms with E-state index in [9.17, 15) is 9.59 Å². The standard InChI is InChI=1S/C10H10INO3/c1-6(10(14)15)12-9(13)7-2-4-8(11)5-3-7/h2-6H,1H3,(H,12,13)(H,14,15)/t6-/m1/s1. The summed E-state index contributed by atoms with van der Waals surface area (Å²) in [5.74, 6) is -1.42. The topological polar surface area (TPSA) is 66.4 Å². The first-order valence-electron chi connectivity index (χ1n) is 4.30. The lowest BCUT2D eigenvalue weighted by molar-refractivity contribution is -0.138. The van der Waals surface area contributed by atoms with Gasteiger partial charge < -0.3 is 10.4 Å². The van der Waals surface area contributed by atoms with Crippen molar-refractivity contribution in [1.29, 1.82) is 0 Å². The Labute approximate surface area is 101 Å². The van der Waals surface area contributed by atoms with Crippen LogP contribution in [0.1, 0.15) is 17.3 Å². The molecule has 0 radical (unpaired) electrons. The lowest BCUT2D eigenvalue weighted by Crippen LogP contribution is -2.38. The van der Waals surface area contributed by atoms with Crippen molar-refractivity contribution in [1.82, 2.24) is 5.32 Å². The molecule has 15 heavy (non-hydrogen) atoms. The van der Waals surface area contributed by atoms with Gasteiger partial charge in [-0.15, -0.1) is 0 Å². The lowest BCUT2D eigenvalue weighted by Gasteiger charge is -2.08. The van der Waals surface area contributed by atoms with Gasteiger partial charge in [-0.2, -0.15) is 0 Å². The Morgan fingerprint density at radius 2 is 1.87 bits per heavy atom. The van der Waals surface area contributed by atoms with Gasteiger partial charge in [-0.25, -0.2) is 0 Å². The van der Waals surface area contributed by atoms with Crippen molar-refractivity contribution >= 4 is 34.5 Å². The summed E-state index contributed by atoms with van der Waals surface area (Å²) >= 11 is 2.13. The average molecular weight is 319 g/mol. The summed E-state index contributed by atoms with van der Waals surface area (Å²) in [5.41, 5.74) is 0.462. The van der Waals surface area contributed by atoms with Crippen molar-refractivity contribution in [3.63, 3.8) is 0 Å². The Morgan fingerprint density at radius 1 is 1.33 bits per heavy atom. The highest BCUT2D eigenvalue weighted by Crippen LogP contribution is 2.06. The van der Waals surface area contributed by atoms with Crippen LogP contribution in [0, 0.1) is 3.57 Å². The Bertz CT molecular complexity index is 375. The molecule has 1 atom stereocenters. The highest BCUT2D eigenvalue weighted by atomic mass is 127. The molecule has 4 nitrogen and oxygen atoms in total. The van der Waals surface area contributed by atoms with Gasteiger partial charge in [-0.1, -0.05) is 0 Å². The van der Waals surface area contributed by atoms with E-state index in [0.717, 1.165) is 3.57 Å². The quantitative estimate of drug-likeness (QED) is 0.830. The maximum atomic E-state index is 11.5. The number of amides is 1. The van der Waals surface area contributed by atoms with Crippen LogP contribution in [-0.2, 0) is 4.79 Å². The molecule has 0 aliphatic rings. The van der Waals surface area contributed by atoms with Crippen molar-refractivity contribution < 1.29 is 14.7 Å². The van der Waals surface area contributed by atoms with Gasteiger partial charge >= 0.3 is 5.97 Å². The summed E-state index contributed by atoms with van der Waals surface area (Å²) in [4.78, 5) is 22.0. The maximum Gasteiger partial charge on any atom is 0.325 e. The number of nitrogens with one attached hydrogen (secondary N) is 1. The zero-order chi connectivity index (χ0) is 11.4. The second kappa shape index (κ2) is 5.11. The first-order chi connectivity index (χ1) is 7.00. The molecular weight excluding hydrogens is 309 g/mol. The second-order valence-electron chi connectivity index (χ2n) is 3.04. The molecule has 0 aromatic heterocycles. The fraction of sp³-hybridized carbons (Fsp3) is 0.200. The minimum Gasteiger partial charge on any atom is -0.480 e. The van der Waals surface area contributed by atoms with Crippen LogP contribution in [0.5, 0.6) is 0 Å². The third kappa shape index (κ3) is 3.50. The van der Waals surface area contributed by atoms with Crippen LogP contribution in [0.25, 0.3) is 0 Å². The van der Waals surface area contributed by atoms with E-state index >= 15 is 0 Å². The van der Waals surface area contributed by atoms with Gasteiger partial charge in [0.25, 0.3) is 5.91 Å². The van der Waals surface area contributed by atoms with Gasteiger partial charge in [0.1, 0.15) is 6.04 Å². The molecular formula is C10H10INO3. The van der Waals surface area contributed by atoms with Crippen molar-refractivity contribution in [2.75, 3.05) is 0 Å². The average Bonchev–Trinajstić information content (AvgIpc) is 2.18. The number of hydrogen-bond donors (Lipinski definition) is 2. The van der Waals surface area contributed by atoms with Gasteiger partial charge in [-0.05, 0) is 53.8 Å². The minimum absolute atomic E-state index is 0.374. The maximum absolute atomic E-state index is 11.5. The number of carboxylic acid groups (broad SMARTS) is 1. The predicted octanol–water partition coefficient (Wildman–Crippen LogP) is 1.49. The Hall–Kier alpha value is -1.11. The number of carbonyl (C=O) groups excluding carboxylic acids is 1. The van der Waals surface area contributed by atoms with Crippen molar-refractivity contribution in [2.45, 2.75) is 13.0 Å². The van der Waals surface area contributed by atoms with Crippen LogP contribution < -0.4 is 5.32 Å². The highest BCUT2D eigenvalue weighted by Gasteiger charge is 2.14. The van der Waals surface area contributed by atoms with Crippen LogP contribution >= 0.6 is 22.6 Å². The van der Waals surface area contributed by atoms with Crippen molar-refractivity contribution in [3.8, 4) is 0 Å². The van der Waals surface area contributed by atoms with Gasteiger partial charge in [-0.3, -0.25) is 9.59 Å². The van der Waals surface area contributed by atoms with Gasteiger partial charge in [0.15, 0.2) is 0 Å². The fourth-order valence-electron chi connectivity index (χ4n) is 0.943. The molecule has 1 rings (SSSR count). The van der Waals surface area contributed by atoms with E-state index in [-0.39, 0.29) is 5.91 Å². The number of carbonyl (C=O) groups is 2. The Balaban J connectivity index is 2.69. The predicted molar refractivity (Wildman–Crippen MR) is 63.7 cm³/mol. The smallest absolute Gasteiger partial charge is 0.325 e. The molecule has 0 saturated carbocycles. The molecule has 0 heterocycles. The van der Waals surface area contributed by atoms with E-state index in [1.54, 1.807) is 24.3 Å². The van der Waals surface area contributed by atoms with Crippen LogP contribution in [0.2, 0.25) is 0 Å². The third-order valence-electron chi connectivity index (χ3n) is 1.82. The molecule has 1 amide bonds. The second-order valence-corrected chi connectivity index (χ2v) is 4.29. The Kier molecular flexibility index (Phi) is 4.07. The number of rotatable bonds is 3. The summed E-state index contributed by atoms with van der Waals surface area (Å²) in [5, 5.41) is 11.0. The molecule has 0 aliphatic heterocycles. The molecule has 80 valence electrons. The molecule has 0 bridgehead atoms. The van der Waals surface area contributed by atoms with Crippen molar-refractivity contribution in [3.05, 3.63) is 33.4 Å². The molecule has 0 spiro atoms. The molecule has 0 saturated heterocycles. The third-order valence-corrected chi connectivity index (χ3v) is 2.54. The van der Waals surface area contributed by atoms with E-state index in [1.807, 2.05) is 0 Å². The van der Waals surface area contributed by atoms with Crippen LogP contribution in [0.15, 0.2) is 24.3 Å². The van der Waals surface area contributed by atoms with Crippen LogP contribution in [0.3, 0.4) is 0 Å². The monoisotopic (exact) mass is 319 g/mol. The molecule has 1 aromatic rings. The van der Waals surface area contributed by atoms with Crippen LogP contribution in [-0.4, -0.2) is 23.0 Å². The van der Waals surface area contributed by atoms with E-state index < -0.39 is 12.0 Å². The number of aliphatic carboxylic acids is 1. The normalized spacial score (nSPS) is 11.9. The van der Waals surface area contributed by atoms with E-state index in [2.05, 4.69) is 27.9 Å². The Morgan fingerprint density at radius 3 is 2.33 bits per heavy atom. The molecule has 0 aliphatic carbocycles. The summed E-state index contributed by atoms with van der Waals surface area (Å²) < 4.78 is 1.02. The molecule has 5 heteroatoms. The largest absolute Gasteiger partial charge is 0.480 e. The molecule has 2 N–H and O–H groups in total. The molecule has 1 aromatic carbocycles. The van der Waals surface area contributed by atoms with E-state index in [1.165, 1.54) is 6.92 Å². The van der Waals surface area contributed by atoms with Crippen molar-refractivity contribution in [2.24, 2.45) is 0 Å². The lowest BCUT2D eigenvalue weighted by atomic mass is 10.2. The number of hydrogen-bond acceptors (Lipinski definition) is 2. The van der Waals surface area contributed by atoms with E-state index in [4.69, 9.17) is 5.11 Å².